The van der Waals surface area contributed by atoms with Crippen LogP contribution < -0.4 is 11.1 Å². The van der Waals surface area contributed by atoms with Crippen LogP contribution in [0.5, 0.6) is 0 Å². The number of hydrogen-bond acceptors (Lipinski definition) is 5. The topological polar surface area (TPSA) is 90.1 Å². The molecule has 0 bridgehead atoms. The Morgan fingerprint density at radius 2 is 2.19 bits per heavy atom. The molecule has 21 heavy (non-hydrogen) atoms. The van der Waals surface area contributed by atoms with E-state index in [4.69, 9.17) is 33.7 Å². The lowest BCUT2D eigenvalue weighted by Crippen LogP contribution is -2.74. The summed E-state index contributed by atoms with van der Waals surface area (Å²) in [5, 5.41) is 2.79. The molecule has 1 aliphatic carbocycles. The molecule has 0 aliphatic heterocycles. The summed E-state index contributed by atoms with van der Waals surface area (Å²) < 4.78 is 5.60. The molecule has 3 N–H and O–H groups in total. The molecule has 0 saturated heterocycles. The Kier molecular flexibility index (Phi) is 4.44. The summed E-state index contributed by atoms with van der Waals surface area (Å²) in [4.78, 5) is 20.1. The van der Waals surface area contributed by atoms with Gasteiger partial charge in [-0.05, 0) is 6.92 Å². The molecule has 1 aromatic rings. The molecule has 2 rings (SSSR count). The van der Waals surface area contributed by atoms with Gasteiger partial charge in [0.25, 0.3) is 0 Å². The zero-order valence-corrected chi connectivity index (χ0v) is 13.6. The summed E-state index contributed by atoms with van der Waals surface area (Å²) in [6.45, 7) is 6.31. The van der Waals surface area contributed by atoms with Gasteiger partial charge in [-0.3, -0.25) is 4.79 Å². The number of nitrogens with two attached hydrogens (primary N) is 1. The van der Waals surface area contributed by atoms with E-state index in [2.05, 4.69) is 15.3 Å². The zero-order valence-electron chi connectivity index (χ0n) is 12.1. The second-order valence-electron chi connectivity index (χ2n) is 5.62. The molecule has 116 valence electrons. The van der Waals surface area contributed by atoms with Crippen molar-refractivity contribution in [3.63, 3.8) is 0 Å². The quantitative estimate of drug-likeness (QED) is 0.825. The van der Waals surface area contributed by atoms with E-state index in [-0.39, 0.29) is 28.0 Å². The fourth-order valence-electron chi connectivity index (χ4n) is 2.48. The fraction of sp³-hybridized carbons (Fsp3) is 0.615. The standard InChI is InChI=1S/C13H18Cl2N4O2/c1-4-21-7-5-13(16,12(7,2)3)11(20)19-10-8(14)9(15)17-6-18-10/h6-7H,4-5,16H2,1-3H3,(H,17,18,19,20). The first-order chi connectivity index (χ1) is 9.74. The first-order valence-corrected chi connectivity index (χ1v) is 7.37. The van der Waals surface area contributed by atoms with Crippen LogP contribution in [0.4, 0.5) is 5.82 Å². The van der Waals surface area contributed by atoms with Crippen LogP contribution in [0.25, 0.3) is 0 Å². The summed E-state index contributed by atoms with van der Waals surface area (Å²) in [6, 6.07) is 0. The Morgan fingerprint density at radius 1 is 1.52 bits per heavy atom. The molecule has 0 radical (unpaired) electrons. The van der Waals surface area contributed by atoms with E-state index in [1.54, 1.807) is 0 Å². The first-order valence-electron chi connectivity index (χ1n) is 6.62. The Hall–Kier alpha value is -0.950. The van der Waals surface area contributed by atoms with Crippen LogP contribution in [-0.4, -0.2) is 34.1 Å². The van der Waals surface area contributed by atoms with Crippen molar-refractivity contribution >= 4 is 34.9 Å². The van der Waals surface area contributed by atoms with E-state index in [9.17, 15) is 4.79 Å². The van der Waals surface area contributed by atoms with Gasteiger partial charge in [0, 0.05) is 18.4 Å². The number of carbonyl (C=O) groups is 1. The Bertz CT molecular complexity index is 567. The van der Waals surface area contributed by atoms with E-state index < -0.39 is 11.0 Å². The third kappa shape index (κ3) is 2.61. The fourth-order valence-corrected chi connectivity index (χ4v) is 2.75. The van der Waals surface area contributed by atoms with Gasteiger partial charge in [-0.25, -0.2) is 9.97 Å². The number of amides is 1. The molecule has 0 aromatic carbocycles. The number of ether oxygens (including phenoxy) is 1. The highest BCUT2D eigenvalue weighted by Gasteiger charge is 2.63. The van der Waals surface area contributed by atoms with Crippen molar-refractivity contribution < 1.29 is 9.53 Å². The zero-order chi connectivity index (χ0) is 15.8. The lowest BCUT2D eigenvalue weighted by atomic mass is 9.54. The summed E-state index contributed by atoms with van der Waals surface area (Å²) in [6.07, 6.45) is 1.61. The number of hydrogen-bond donors (Lipinski definition) is 2. The van der Waals surface area contributed by atoms with Gasteiger partial charge < -0.3 is 15.8 Å². The van der Waals surface area contributed by atoms with Gasteiger partial charge in [-0.2, -0.15) is 0 Å². The van der Waals surface area contributed by atoms with E-state index in [1.807, 2.05) is 20.8 Å². The maximum atomic E-state index is 12.5. The number of nitrogens with one attached hydrogen (secondary N) is 1. The highest BCUT2D eigenvalue weighted by Crippen LogP contribution is 2.50. The van der Waals surface area contributed by atoms with Gasteiger partial charge in [0.1, 0.15) is 16.9 Å². The van der Waals surface area contributed by atoms with E-state index >= 15 is 0 Å². The van der Waals surface area contributed by atoms with Crippen LogP contribution in [0.15, 0.2) is 6.33 Å². The molecule has 2 atom stereocenters. The molecular formula is C13H18Cl2N4O2. The van der Waals surface area contributed by atoms with Crippen LogP contribution in [0.2, 0.25) is 10.2 Å². The SMILES string of the molecule is CCOC1CC(N)(C(=O)Nc2ncnc(Cl)c2Cl)C1(C)C. The Morgan fingerprint density at radius 3 is 2.76 bits per heavy atom. The van der Waals surface area contributed by atoms with E-state index in [1.165, 1.54) is 6.33 Å². The van der Waals surface area contributed by atoms with Crippen LogP contribution in [0.1, 0.15) is 27.2 Å². The second-order valence-corrected chi connectivity index (χ2v) is 6.36. The van der Waals surface area contributed by atoms with Crippen LogP contribution in [0, 0.1) is 5.41 Å². The maximum absolute atomic E-state index is 12.5. The Balaban J connectivity index is 2.16. The molecule has 1 amide bonds. The van der Waals surface area contributed by atoms with E-state index in [0.717, 1.165) is 0 Å². The number of halogens is 2. The van der Waals surface area contributed by atoms with E-state index in [0.29, 0.717) is 13.0 Å². The van der Waals surface area contributed by atoms with Gasteiger partial charge in [-0.15, -0.1) is 0 Å². The van der Waals surface area contributed by atoms with Crippen molar-refractivity contribution in [1.29, 1.82) is 0 Å². The molecule has 1 aromatic heterocycles. The summed E-state index contributed by atoms with van der Waals surface area (Å²) in [7, 11) is 0. The number of anilines is 1. The van der Waals surface area contributed by atoms with Crippen LogP contribution in [-0.2, 0) is 9.53 Å². The summed E-state index contributed by atoms with van der Waals surface area (Å²) in [5.74, 6) is -0.206. The largest absolute Gasteiger partial charge is 0.378 e. The van der Waals surface area contributed by atoms with Gasteiger partial charge in [0.2, 0.25) is 5.91 Å². The normalized spacial score (nSPS) is 27.0. The van der Waals surface area contributed by atoms with Gasteiger partial charge in [0.05, 0.1) is 6.10 Å². The molecular weight excluding hydrogens is 315 g/mol. The van der Waals surface area contributed by atoms with Crippen molar-refractivity contribution in [2.24, 2.45) is 11.1 Å². The highest BCUT2D eigenvalue weighted by molar-refractivity contribution is 6.43. The lowest BCUT2D eigenvalue weighted by molar-refractivity contribution is -0.166. The predicted molar refractivity (Wildman–Crippen MR) is 81.4 cm³/mol. The number of rotatable bonds is 4. The van der Waals surface area contributed by atoms with Crippen LogP contribution >= 0.6 is 23.2 Å². The summed E-state index contributed by atoms with van der Waals surface area (Å²) >= 11 is 11.8. The van der Waals surface area contributed by atoms with Crippen molar-refractivity contribution in [3.8, 4) is 0 Å². The minimum atomic E-state index is -1.05. The van der Waals surface area contributed by atoms with Crippen LogP contribution in [0.3, 0.4) is 0 Å². The first kappa shape index (κ1) is 16.4. The smallest absolute Gasteiger partial charge is 0.246 e. The van der Waals surface area contributed by atoms with Gasteiger partial charge in [-0.1, -0.05) is 37.0 Å². The molecule has 1 aliphatic rings. The number of carbonyl (C=O) groups excluding carboxylic acids is 1. The minimum Gasteiger partial charge on any atom is -0.378 e. The Labute approximate surface area is 133 Å². The average Bonchev–Trinajstić information content (AvgIpc) is 2.43. The number of nitrogens with zero attached hydrogens (tertiary/aromatic N) is 2. The molecule has 6 nitrogen and oxygen atoms in total. The second kappa shape index (κ2) is 5.68. The molecule has 1 fully saturated rings. The van der Waals surface area contributed by atoms with Crippen molar-refractivity contribution in [3.05, 3.63) is 16.5 Å². The lowest BCUT2D eigenvalue weighted by Gasteiger charge is -2.57. The molecule has 1 heterocycles. The molecule has 0 spiro atoms. The minimum absolute atomic E-state index is 0.0530. The number of aromatic nitrogens is 2. The van der Waals surface area contributed by atoms with Crippen molar-refractivity contribution in [2.75, 3.05) is 11.9 Å². The van der Waals surface area contributed by atoms with Crippen molar-refractivity contribution in [2.45, 2.75) is 38.8 Å². The predicted octanol–water partition coefficient (Wildman–Crippen LogP) is 2.25. The third-order valence-electron chi connectivity index (χ3n) is 4.21. The van der Waals surface area contributed by atoms with Gasteiger partial charge >= 0.3 is 0 Å². The summed E-state index contributed by atoms with van der Waals surface area (Å²) in [5.41, 5.74) is 4.73. The van der Waals surface area contributed by atoms with Crippen molar-refractivity contribution in [1.82, 2.24) is 9.97 Å². The maximum Gasteiger partial charge on any atom is 0.246 e. The monoisotopic (exact) mass is 332 g/mol. The average molecular weight is 333 g/mol. The molecule has 1 saturated carbocycles. The molecule has 8 heteroatoms. The highest BCUT2D eigenvalue weighted by atomic mass is 35.5. The van der Waals surface area contributed by atoms with Gasteiger partial charge in [0.15, 0.2) is 11.0 Å². The molecule has 2 unspecified atom stereocenters. The third-order valence-corrected chi connectivity index (χ3v) is 4.96.